The first-order valence-electron chi connectivity index (χ1n) is 8.40. The van der Waals surface area contributed by atoms with E-state index in [1.807, 2.05) is 25.3 Å². The monoisotopic (exact) mass is 320 g/mol. The molecule has 1 unspecified atom stereocenters. The van der Waals surface area contributed by atoms with Crippen LogP contribution in [0.3, 0.4) is 0 Å². The quantitative estimate of drug-likeness (QED) is 0.621. The van der Waals surface area contributed by atoms with Gasteiger partial charge in [-0.25, -0.2) is 4.98 Å². The molecule has 1 aliphatic heterocycles. The highest BCUT2D eigenvalue weighted by Crippen LogP contribution is 2.19. The smallest absolute Gasteiger partial charge is 0.171 e. The first kappa shape index (κ1) is 17.2. The van der Waals surface area contributed by atoms with E-state index in [0.717, 1.165) is 36.9 Å². The number of thiocarbonyl (C=S) groups is 1. The van der Waals surface area contributed by atoms with Crippen LogP contribution in [0.1, 0.15) is 44.6 Å². The number of rotatable bonds is 6. The molecule has 0 radical (unpaired) electrons. The van der Waals surface area contributed by atoms with Gasteiger partial charge in [0, 0.05) is 25.3 Å². The van der Waals surface area contributed by atoms with Gasteiger partial charge >= 0.3 is 0 Å². The predicted molar refractivity (Wildman–Crippen MR) is 97.3 cm³/mol. The number of nitrogens with one attached hydrogen (secondary N) is 2. The summed E-state index contributed by atoms with van der Waals surface area (Å²) in [7, 11) is 0. The lowest BCUT2D eigenvalue weighted by Gasteiger charge is -2.35. The Hall–Kier alpha value is -1.20. The zero-order valence-electron chi connectivity index (χ0n) is 13.8. The average Bonchev–Trinajstić information content (AvgIpc) is 2.54. The minimum absolute atomic E-state index is 0.655. The van der Waals surface area contributed by atoms with Crippen LogP contribution in [0.5, 0.6) is 0 Å². The molecule has 1 saturated heterocycles. The van der Waals surface area contributed by atoms with Crippen molar-refractivity contribution in [2.75, 3.05) is 25.0 Å². The summed E-state index contributed by atoms with van der Waals surface area (Å²) in [5, 5.41) is 7.05. The summed E-state index contributed by atoms with van der Waals surface area (Å²) in [6, 6.07) is 4.76. The maximum Gasteiger partial charge on any atom is 0.171 e. The van der Waals surface area contributed by atoms with Crippen LogP contribution in [-0.2, 0) is 0 Å². The number of piperidine rings is 1. The highest BCUT2D eigenvalue weighted by atomic mass is 32.1. The van der Waals surface area contributed by atoms with Gasteiger partial charge in [0.25, 0.3) is 0 Å². The van der Waals surface area contributed by atoms with Gasteiger partial charge in [-0.2, -0.15) is 0 Å². The molecule has 122 valence electrons. The topological polar surface area (TPSA) is 40.2 Å². The predicted octanol–water partition coefficient (Wildman–Crippen LogP) is 3.33. The van der Waals surface area contributed by atoms with E-state index in [9.17, 15) is 0 Å². The summed E-state index contributed by atoms with van der Waals surface area (Å²) in [5.41, 5.74) is 1.15. The highest BCUT2D eigenvalue weighted by Gasteiger charge is 2.19. The largest absolute Gasteiger partial charge is 0.362 e. The van der Waals surface area contributed by atoms with Gasteiger partial charge in [0.15, 0.2) is 5.11 Å². The highest BCUT2D eigenvalue weighted by molar-refractivity contribution is 7.80. The van der Waals surface area contributed by atoms with Crippen LogP contribution in [0.4, 0.5) is 5.82 Å². The van der Waals surface area contributed by atoms with E-state index in [0.29, 0.717) is 5.11 Å². The van der Waals surface area contributed by atoms with Gasteiger partial charge in [0.2, 0.25) is 0 Å². The lowest BCUT2D eigenvalue weighted by atomic mass is 10.00. The van der Waals surface area contributed by atoms with Crippen molar-refractivity contribution < 1.29 is 0 Å². The van der Waals surface area contributed by atoms with Crippen molar-refractivity contribution in [1.82, 2.24) is 15.2 Å². The third-order valence-corrected chi connectivity index (χ3v) is 4.53. The van der Waals surface area contributed by atoms with E-state index in [2.05, 4.69) is 27.4 Å². The summed E-state index contributed by atoms with van der Waals surface area (Å²) in [6.45, 7) is 7.66. The van der Waals surface area contributed by atoms with Crippen molar-refractivity contribution in [2.45, 2.75) is 52.0 Å². The molecule has 2 heterocycles. The van der Waals surface area contributed by atoms with Gasteiger partial charge in [0.05, 0.1) is 0 Å². The fraction of sp³-hybridized carbons (Fsp3) is 0.647. The van der Waals surface area contributed by atoms with E-state index >= 15 is 0 Å². The second-order valence-electron chi connectivity index (χ2n) is 6.05. The van der Waals surface area contributed by atoms with Crippen molar-refractivity contribution in [3.05, 3.63) is 23.9 Å². The molecule has 2 rings (SSSR count). The normalized spacial score (nSPS) is 18.9. The van der Waals surface area contributed by atoms with Gasteiger partial charge in [0.1, 0.15) is 5.82 Å². The Labute approximate surface area is 139 Å². The molecule has 1 aliphatic rings. The molecular weight excluding hydrogens is 292 g/mol. The zero-order chi connectivity index (χ0) is 15.8. The fourth-order valence-electron chi connectivity index (χ4n) is 3.00. The Morgan fingerprint density at radius 3 is 3.00 bits per heavy atom. The number of hydrogen-bond donors (Lipinski definition) is 2. The first-order valence-corrected chi connectivity index (χ1v) is 8.81. The van der Waals surface area contributed by atoms with Crippen LogP contribution in [0.2, 0.25) is 0 Å². The van der Waals surface area contributed by atoms with Crippen LogP contribution in [-0.4, -0.2) is 40.7 Å². The Morgan fingerprint density at radius 2 is 2.27 bits per heavy atom. The number of aryl methyl sites for hydroxylation is 1. The maximum absolute atomic E-state index is 5.31. The van der Waals surface area contributed by atoms with Gasteiger partial charge in [-0.05, 0) is 63.0 Å². The van der Waals surface area contributed by atoms with Crippen molar-refractivity contribution >= 4 is 23.1 Å². The van der Waals surface area contributed by atoms with Gasteiger partial charge < -0.3 is 15.5 Å². The summed E-state index contributed by atoms with van der Waals surface area (Å²) < 4.78 is 0. The number of nitrogens with zero attached hydrogens (tertiary/aromatic N) is 2. The maximum atomic E-state index is 5.31. The lowest BCUT2D eigenvalue weighted by Crippen LogP contribution is -2.41. The zero-order valence-corrected chi connectivity index (χ0v) is 14.6. The van der Waals surface area contributed by atoms with Crippen LogP contribution in [0.25, 0.3) is 0 Å². The second kappa shape index (κ2) is 9.06. The first-order chi connectivity index (χ1) is 10.7. The molecule has 1 fully saturated rings. The molecule has 1 atom stereocenters. The summed E-state index contributed by atoms with van der Waals surface area (Å²) >= 11 is 5.31. The molecule has 2 N–H and O–H groups in total. The second-order valence-corrected chi connectivity index (χ2v) is 6.46. The molecule has 22 heavy (non-hydrogen) atoms. The number of pyridine rings is 1. The van der Waals surface area contributed by atoms with Crippen LogP contribution in [0, 0.1) is 6.92 Å². The Morgan fingerprint density at radius 1 is 1.41 bits per heavy atom. The summed E-state index contributed by atoms with van der Waals surface area (Å²) in [5.74, 6) is 0.796. The molecule has 1 aromatic rings. The molecule has 0 amide bonds. The molecule has 0 bridgehead atoms. The summed E-state index contributed by atoms with van der Waals surface area (Å²) in [4.78, 5) is 6.94. The third-order valence-electron chi connectivity index (χ3n) is 4.28. The van der Waals surface area contributed by atoms with Gasteiger partial charge in [-0.15, -0.1) is 0 Å². The Kier molecular flexibility index (Phi) is 7.06. The number of likely N-dealkylation sites (tertiary alicyclic amines) is 1. The van der Waals surface area contributed by atoms with E-state index in [1.54, 1.807) is 0 Å². The fourth-order valence-corrected chi connectivity index (χ4v) is 3.21. The van der Waals surface area contributed by atoms with Gasteiger partial charge in [-0.3, -0.25) is 0 Å². The SMILES string of the molecule is CCC1CCCCN1CCCNC(=S)Nc1ccc(C)cn1. The van der Waals surface area contributed by atoms with Crippen molar-refractivity contribution in [1.29, 1.82) is 0 Å². The van der Waals surface area contributed by atoms with E-state index in [-0.39, 0.29) is 0 Å². The standard InChI is InChI=1S/C17H28N4S/c1-3-15-7-4-5-11-21(15)12-6-10-18-17(22)20-16-9-8-14(2)13-19-16/h8-9,13,15H,3-7,10-12H2,1-2H3,(H2,18,19,20,22). The van der Waals surface area contributed by atoms with Crippen LogP contribution < -0.4 is 10.6 Å². The molecule has 0 aromatic carbocycles. The van der Waals surface area contributed by atoms with Crippen molar-refractivity contribution in [3.8, 4) is 0 Å². The van der Waals surface area contributed by atoms with E-state index in [4.69, 9.17) is 12.2 Å². The number of aromatic nitrogens is 1. The Balaban J connectivity index is 1.63. The molecule has 0 spiro atoms. The van der Waals surface area contributed by atoms with Crippen molar-refractivity contribution in [2.24, 2.45) is 0 Å². The molecular formula is C17H28N4S. The Bertz CT molecular complexity index is 460. The third kappa shape index (κ3) is 5.54. The van der Waals surface area contributed by atoms with E-state index < -0.39 is 0 Å². The van der Waals surface area contributed by atoms with Gasteiger partial charge in [-0.1, -0.05) is 19.4 Å². The molecule has 1 aromatic heterocycles. The minimum Gasteiger partial charge on any atom is -0.362 e. The number of hydrogen-bond acceptors (Lipinski definition) is 3. The molecule has 0 saturated carbocycles. The van der Waals surface area contributed by atoms with E-state index in [1.165, 1.54) is 32.2 Å². The van der Waals surface area contributed by atoms with Crippen LogP contribution in [0.15, 0.2) is 18.3 Å². The summed E-state index contributed by atoms with van der Waals surface area (Å²) in [6.07, 6.45) is 8.34. The molecule has 4 nitrogen and oxygen atoms in total. The lowest BCUT2D eigenvalue weighted by molar-refractivity contribution is 0.143. The molecule has 5 heteroatoms. The number of anilines is 1. The minimum atomic E-state index is 0.655. The van der Waals surface area contributed by atoms with Crippen LogP contribution >= 0.6 is 12.2 Å². The molecule has 0 aliphatic carbocycles. The van der Waals surface area contributed by atoms with Crippen molar-refractivity contribution in [3.63, 3.8) is 0 Å². The average molecular weight is 321 g/mol.